The van der Waals surface area contributed by atoms with E-state index < -0.39 is 5.97 Å². The smallest absolute Gasteiger partial charge is 0.363 e. The highest BCUT2D eigenvalue weighted by Crippen LogP contribution is 2.22. The molecular weight excluding hydrogens is 437 g/mol. The average Bonchev–Trinajstić information content (AvgIpc) is 3.09. The Labute approximate surface area is 175 Å². The molecule has 0 radical (unpaired) electrons. The second-order valence-electron chi connectivity index (χ2n) is 6.33. The van der Waals surface area contributed by atoms with Gasteiger partial charge in [-0.2, -0.15) is 0 Å². The monoisotopic (exact) mass is 451 g/mol. The predicted molar refractivity (Wildman–Crippen MR) is 112 cm³/mol. The lowest BCUT2D eigenvalue weighted by molar-refractivity contribution is -0.129. The fraction of sp³-hybridized carbons (Fsp3) is 0.0435. The van der Waals surface area contributed by atoms with Gasteiger partial charge in [0.1, 0.15) is 18.2 Å². The Morgan fingerprint density at radius 1 is 1.03 bits per heavy atom. The number of halogens is 2. The molecule has 1 heterocycles. The number of ether oxygens (including phenoxy) is 2. The van der Waals surface area contributed by atoms with Crippen molar-refractivity contribution in [2.24, 2.45) is 4.99 Å². The number of cyclic esters (lactones) is 1. The van der Waals surface area contributed by atoms with Gasteiger partial charge in [-0.25, -0.2) is 14.2 Å². The molecule has 4 nitrogen and oxygen atoms in total. The van der Waals surface area contributed by atoms with Crippen LogP contribution in [0.3, 0.4) is 0 Å². The molecule has 1 aliphatic heterocycles. The van der Waals surface area contributed by atoms with Gasteiger partial charge in [0.25, 0.3) is 0 Å². The summed E-state index contributed by atoms with van der Waals surface area (Å²) < 4.78 is 24.8. The van der Waals surface area contributed by atoms with E-state index in [0.717, 1.165) is 21.2 Å². The van der Waals surface area contributed by atoms with Crippen LogP contribution >= 0.6 is 15.9 Å². The zero-order chi connectivity index (χ0) is 20.2. The van der Waals surface area contributed by atoms with Crippen molar-refractivity contribution in [1.29, 1.82) is 0 Å². The van der Waals surface area contributed by atoms with Crippen LogP contribution in [0.4, 0.5) is 4.39 Å². The molecule has 0 bridgehead atoms. The molecule has 0 fully saturated rings. The molecule has 0 aliphatic carbocycles. The van der Waals surface area contributed by atoms with Gasteiger partial charge in [-0.3, -0.25) is 0 Å². The van der Waals surface area contributed by atoms with Crippen molar-refractivity contribution >= 4 is 33.9 Å². The highest BCUT2D eigenvalue weighted by atomic mass is 79.9. The van der Waals surface area contributed by atoms with E-state index in [1.165, 1.54) is 12.1 Å². The lowest BCUT2D eigenvalue weighted by Crippen LogP contribution is -2.05. The molecule has 0 saturated heterocycles. The maximum absolute atomic E-state index is 12.9. The zero-order valence-corrected chi connectivity index (χ0v) is 16.7. The Morgan fingerprint density at radius 2 is 1.79 bits per heavy atom. The Balaban J connectivity index is 1.45. The first-order valence-corrected chi connectivity index (χ1v) is 9.62. The number of esters is 1. The van der Waals surface area contributed by atoms with Crippen molar-refractivity contribution in [2.45, 2.75) is 6.61 Å². The third-order valence-corrected chi connectivity index (χ3v) is 4.69. The summed E-state index contributed by atoms with van der Waals surface area (Å²) in [7, 11) is 0. The molecule has 6 heteroatoms. The van der Waals surface area contributed by atoms with Crippen LogP contribution in [-0.2, 0) is 16.1 Å². The van der Waals surface area contributed by atoms with Gasteiger partial charge in [-0.05, 0) is 59.7 Å². The number of carbonyl (C=O) groups excluding carboxylic acids is 1. The van der Waals surface area contributed by atoms with Crippen molar-refractivity contribution in [3.8, 4) is 5.75 Å². The SMILES string of the molecule is O=C1OC(c2cccc(Br)c2)=N/C1=C\c1ccc(OCc2ccc(F)cc2)cc1. The highest BCUT2D eigenvalue weighted by Gasteiger charge is 2.24. The molecule has 0 saturated carbocycles. The molecule has 29 heavy (non-hydrogen) atoms. The van der Waals surface area contributed by atoms with Crippen LogP contribution in [0, 0.1) is 5.82 Å². The molecule has 3 aromatic carbocycles. The van der Waals surface area contributed by atoms with Gasteiger partial charge < -0.3 is 9.47 Å². The fourth-order valence-electron chi connectivity index (χ4n) is 2.72. The molecule has 0 atom stereocenters. The minimum absolute atomic E-state index is 0.236. The second kappa shape index (κ2) is 8.41. The van der Waals surface area contributed by atoms with E-state index in [9.17, 15) is 9.18 Å². The summed E-state index contributed by atoms with van der Waals surface area (Å²) in [6, 6.07) is 20.8. The number of nitrogens with zero attached hydrogens (tertiary/aromatic N) is 1. The molecule has 0 unspecified atom stereocenters. The largest absolute Gasteiger partial charge is 0.489 e. The van der Waals surface area contributed by atoms with E-state index >= 15 is 0 Å². The van der Waals surface area contributed by atoms with E-state index in [1.807, 2.05) is 36.4 Å². The van der Waals surface area contributed by atoms with Crippen LogP contribution in [0.1, 0.15) is 16.7 Å². The van der Waals surface area contributed by atoms with Gasteiger partial charge in [0.2, 0.25) is 5.90 Å². The first-order chi connectivity index (χ1) is 14.1. The van der Waals surface area contributed by atoms with Gasteiger partial charge in [0, 0.05) is 10.0 Å². The first-order valence-electron chi connectivity index (χ1n) is 8.83. The summed E-state index contributed by atoms with van der Waals surface area (Å²) in [5.41, 5.74) is 2.63. The Morgan fingerprint density at radius 3 is 2.52 bits per heavy atom. The minimum atomic E-state index is -0.489. The lowest BCUT2D eigenvalue weighted by atomic mass is 10.2. The molecule has 0 spiro atoms. The third-order valence-electron chi connectivity index (χ3n) is 4.19. The fourth-order valence-corrected chi connectivity index (χ4v) is 3.12. The van der Waals surface area contributed by atoms with E-state index in [2.05, 4.69) is 20.9 Å². The summed E-state index contributed by atoms with van der Waals surface area (Å²) >= 11 is 3.39. The highest BCUT2D eigenvalue weighted by molar-refractivity contribution is 9.10. The topological polar surface area (TPSA) is 47.9 Å². The molecule has 0 N–H and O–H groups in total. The van der Waals surface area contributed by atoms with Gasteiger partial charge in [0.15, 0.2) is 5.70 Å². The minimum Gasteiger partial charge on any atom is -0.489 e. The maximum atomic E-state index is 12.9. The van der Waals surface area contributed by atoms with Crippen LogP contribution < -0.4 is 4.74 Å². The number of hydrogen-bond donors (Lipinski definition) is 0. The molecule has 0 amide bonds. The molecule has 144 valence electrons. The van der Waals surface area contributed by atoms with Crippen molar-refractivity contribution in [2.75, 3.05) is 0 Å². The van der Waals surface area contributed by atoms with Crippen LogP contribution in [0.15, 0.2) is 88.0 Å². The third kappa shape index (κ3) is 4.78. The van der Waals surface area contributed by atoms with Gasteiger partial charge in [-0.1, -0.05) is 46.3 Å². The number of hydrogen-bond acceptors (Lipinski definition) is 4. The zero-order valence-electron chi connectivity index (χ0n) is 15.1. The van der Waals surface area contributed by atoms with Gasteiger partial charge >= 0.3 is 5.97 Å². The van der Waals surface area contributed by atoms with Gasteiger partial charge in [-0.15, -0.1) is 0 Å². The number of aliphatic imine (C=N–C) groups is 1. The normalized spacial score (nSPS) is 14.6. The van der Waals surface area contributed by atoms with Crippen molar-refractivity contribution in [3.05, 3.63) is 105 Å². The van der Waals surface area contributed by atoms with E-state index in [-0.39, 0.29) is 17.4 Å². The number of carbonyl (C=O) groups is 1. The van der Waals surface area contributed by atoms with Crippen molar-refractivity contribution in [1.82, 2.24) is 0 Å². The standard InChI is InChI=1S/C23H15BrFNO3/c24-18-3-1-2-17(13-18)22-26-21(23(27)29-22)12-15-6-10-20(11-7-15)28-14-16-4-8-19(25)9-5-16/h1-13H,14H2/b21-12-. The molecular formula is C23H15BrFNO3. The maximum Gasteiger partial charge on any atom is 0.363 e. The Kier molecular flexibility index (Phi) is 5.53. The van der Waals surface area contributed by atoms with Crippen LogP contribution in [-0.4, -0.2) is 11.9 Å². The Hall–Kier alpha value is -3.25. The van der Waals surface area contributed by atoms with Crippen LogP contribution in [0.2, 0.25) is 0 Å². The summed E-state index contributed by atoms with van der Waals surface area (Å²) in [5, 5.41) is 0. The first kappa shape index (κ1) is 19.1. The second-order valence-corrected chi connectivity index (χ2v) is 7.25. The molecule has 1 aliphatic rings. The van der Waals surface area contributed by atoms with Crippen molar-refractivity contribution < 1.29 is 18.7 Å². The molecule has 3 aromatic rings. The van der Waals surface area contributed by atoms with E-state index in [0.29, 0.717) is 12.4 Å². The summed E-state index contributed by atoms with van der Waals surface area (Å²) in [5.74, 6) is 0.185. The summed E-state index contributed by atoms with van der Waals surface area (Å²) in [4.78, 5) is 16.4. The average molecular weight is 452 g/mol. The summed E-state index contributed by atoms with van der Waals surface area (Å²) in [6.45, 7) is 0.341. The quantitative estimate of drug-likeness (QED) is 0.379. The number of benzene rings is 3. The van der Waals surface area contributed by atoms with Crippen molar-refractivity contribution in [3.63, 3.8) is 0 Å². The Bertz CT molecular complexity index is 1110. The van der Waals surface area contributed by atoms with E-state index in [1.54, 1.807) is 30.3 Å². The van der Waals surface area contributed by atoms with Crippen LogP contribution in [0.25, 0.3) is 6.08 Å². The lowest BCUT2D eigenvalue weighted by Gasteiger charge is -2.06. The summed E-state index contributed by atoms with van der Waals surface area (Å²) in [6.07, 6.45) is 1.66. The van der Waals surface area contributed by atoms with Crippen LogP contribution in [0.5, 0.6) is 5.75 Å². The van der Waals surface area contributed by atoms with Gasteiger partial charge in [0.05, 0.1) is 0 Å². The van der Waals surface area contributed by atoms with E-state index in [4.69, 9.17) is 9.47 Å². The molecule has 0 aromatic heterocycles. The molecule has 4 rings (SSSR count). The predicted octanol–water partition coefficient (Wildman–Crippen LogP) is 5.51. The number of rotatable bonds is 5.